The Kier molecular flexibility index (Phi) is 4.08. The van der Waals surface area contributed by atoms with Crippen molar-refractivity contribution in [2.24, 2.45) is 0 Å². The molecular weight excluding hydrogens is 332 g/mol. The van der Waals surface area contributed by atoms with Crippen LogP contribution in [0.1, 0.15) is 11.3 Å². The molecule has 0 N–H and O–H groups in total. The van der Waals surface area contributed by atoms with Gasteiger partial charge in [-0.05, 0) is 42.0 Å². The van der Waals surface area contributed by atoms with Crippen LogP contribution in [0.3, 0.4) is 0 Å². The molecule has 3 aromatic carbocycles. The lowest BCUT2D eigenvalue weighted by Crippen LogP contribution is -2.24. The molecular formula is C21H15ClN2O. The smallest absolute Gasteiger partial charge is 0.274 e. The number of aromatic nitrogens is 2. The van der Waals surface area contributed by atoms with Gasteiger partial charge in [-0.1, -0.05) is 54.1 Å². The molecule has 0 amide bonds. The first-order chi connectivity index (χ1) is 12.2. The van der Waals surface area contributed by atoms with Crippen molar-refractivity contribution in [3.05, 3.63) is 105 Å². The number of rotatable bonds is 3. The van der Waals surface area contributed by atoms with E-state index in [2.05, 4.69) is 4.98 Å². The van der Waals surface area contributed by atoms with Gasteiger partial charge in [-0.3, -0.25) is 9.36 Å². The molecule has 3 nitrogen and oxygen atoms in total. The summed E-state index contributed by atoms with van der Waals surface area (Å²) in [5, 5.41) is 0.678. The SMILES string of the molecule is O=c1c(Cc2ccc(Cl)cc2)nc2ccccc2n1-c1ccccc1. The maximum Gasteiger partial charge on any atom is 0.277 e. The van der Waals surface area contributed by atoms with Crippen LogP contribution in [0.2, 0.25) is 5.02 Å². The summed E-state index contributed by atoms with van der Waals surface area (Å²) in [4.78, 5) is 17.7. The van der Waals surface area contributed by atoms with Gasteiger partial charge in [0.15, 0.2) is 0 Å². The van der Waals surface area contributed by atoms with Crippen LogP contribution in [0.5, 0.6) is 0 Å². The van der Waals surface area contributed by atoms with Crippen LogP contribution in [0.25, 0.3) is 16.7 Å². The van der Waals surface area contributed by atoms with Crippen molar-refractivity contribution >= 4 is 22.6 Å². The van der Waals surface area contributed by atoms with Gasteiger partial charge in [0.05, 0.1) is 11.0 Å². The standard InChI is InChI=1S/C21H15ClN2O/c22-16-12-10-15(11-13-16)14-19-21(25)24(17-6-2-1-3-7-17)20-9-5-4-8-18(20)23-19/h1-13H,14H2. The minimum Gasteiger partial charge on any atom is -0.274 e. The molecule has 4 heteroatoms. The van der Waals surface area contributed by atoms with E-state index in [-0.39, 0.29) is 5.56 Å². The summed E-state index contributed by atoms with van der Waals surface area (Å²) in [5.74, 6) is 0. The van der Waals surface area contributed by atoms with Gasteiger partial charge in [0.1, 0.15) is 5.69 Å². The third kappa shape index (κ3) is 3.06. The highest BCUT2D eigenvalue weighted by Gasteiger charge is 2.12. The first kappa shape index (κ1) is 15.6. The van der Waals surface area contributed by atoms with Crippen LogP contribution in [-0.4, -0.2) is 9.55 Å². The highest BCUT2D eigenvalue weighted by Crippen LogP contribution is 2.17. The normalized spacial score (nSPS) is 10.9. The number of fused-ring (bicyclic) bond motifs is 1. The van der Waals surface area contributed by atoms with Crippen molar-refractivity contribution in [3.8, 4) is 5.69 Å². The molecule has 1 aromatic heterocycles. The summed E-state index contributed by atoms with van der Waals surface area (Å²) in [6, 6.07) is 24.8. The molecule has 0 saturated carbocycles. The topological polar surface area (TPSA) is 34.9 Å². The van der Waals surface area contributed by atoms with Gasteiger partial charge in [-0.25, -0.2) is 4.98 Å². The Morgan fingerprint density at radius 2 is 1.52 bits per heavy atom. The summed E-state index contributed by atoms with van der Waals surface area (Å²) in [6.07, 6.45) is 0.466. The van der Waals surface area contributed by atoms with Crippen LogP contribution in [0.4, 0.5) is 0 Å². The Bertz CT molecular complexity index is 1090. The molecule has 25 heavy (non-hydrogen) atoms. The number of hydrogen-bond acceptors (Lipinski definition) is 2. The zero-order valence-corrected chi connectivity index (χ0v) is 14.1. The lowest BCUT2D eigenvalue weighted by atomic mass is 10.1. The zero-order chi connectivity index (χ0) is 17.2. The second-order valence-electron chi connectivity index (χ2n) is 5.83. The van der Waals surface area contributed by atoms with Crippen molar-refractivity contribution in [2.45, 2.75) is 6.42 Å². The monoisotopic (exact) mass is 346 g/mol. The van der Waals surface area contributed by atoms with Crippen molar-refractivity contribution in [2.75, 3.05) is 0 Å². The molecule has 0 aliphatic carbocycles. The predicted octanol–water partition coefficient (Wildman–Crippen LogP) is 4.63. The van der Waals surface area contributed by atoms with E-state index >= 15 is 0 Å². The number of halogens is 1. The van der Waals surface area contributed by atoms with Gasteiger partial charge in [0.2, 0.25) is 0 Å². The second-order valence-corrected chi connectivity index (χ2v) is 6.26. The van der Waals surface area contributed by atoms with Gasteiger partial charge in [-0.2, -0.15) is 0 Å². The molecule has 0 aliphatic heterocycles. The van der Waals surface area contributed by atoms with Crippen LogP contribution >= 0.6 is 11.6 Å². The molecule has 0 radical (unpaired) electrons. The maximum absolute atomic E-state index is 13.1. The minimum absolute atomic E-state index is 0.0974. The maximum atomic E-state index is 13.1. The average molecular weight is 347 g/mol. The van der Waals surface area contributed by atoms with Crippen molar-refractivity contribution in [3.63, 3.8) is 0 Å². The van der Waals surface area contributed by atoms with Crippen LogP contribution in [-0.2, 0) is 6.42 Å². The molecule has 0 aliphatic rings. The van der Waals surface area contributed by atoms with E-state index in [9.17, 15) is 4.79 Å². The van der Waals surface area contributed by atoms with Crippen LogP contribution in [0.15, 0.2) is 83.7 Å². The number of para-hydroxylation sites is 3. The van der Waals surface area contributed by atoms with E-state index in [1.807, 2.05) is 78.9 Å². The van der Waals surface area contributed by atoms with Crippen LogP contribution in [0, 0.1) is 0 Å². The molecule has 0 unspecified atom stereocenters. The third-order valence-electron chi connectivity index (χ3n) is 4.13. The Balaban J connectivity index is 1.92. The summed E-state index contributed by atoms with van der Waals surface area (Å²) in [6.45, 7) is 0. The van der Waals surface area contributed by atoms with E-state index < -0.39 is 0 Å². The molecule has 4 aromatic rings. The number of nitrogens with zero attached hydrogens (tertiary/aromatic N) is 2. The van der Waals surface area contributed by atoms with Crippen molar-refractivity contribution in [1.82, 2.24) is 9.55 Å². The van der Waals surface area contributed by atoms with Gasteiger partial charge in [0, 0.05) is 17.1 Å². The Labute approximate surface area is 150 Å². The van der Waals surface area contributed by atoms with E-state index in [1.54, 1.807) is 4.57 Å². The van der Waals surface area contributed by atoms with Crippen molar-refractivity contribution in [1.29, 1.82) is 0 Å². The quantitative estimate of drug-likeness (QED) is 0.542. The molecule has 0 saturated heterocycles. The zero-order valence-electron chi connectivity index (χ0n) is 13.4. The van der Waals surface area contributed by atoms with Crippen LogP contribution < -0.4 is 5.56 Å². The average Bonchev–Trinajstić information content (AvgIpc) is 2.65. The fourth-order valence-electron chi connectivity index (χ4n) is 2.92. The highest BCUT2D eigenvalue weighted by molar-refractivity contribution is 6.30. The van der Waals surface area contributed by atoms with E-state index in [4.69, 9.17) is 11.6 Å². The summed E-state index contributed by atoms with van der Waals surface area (Å²) >= 11 is 5.95. The molecule has 1 heterocycles. The minimum atomic E-state index is -0.0974. The van der Waals surface area contributed by atoms with Gasteiger partial charge >= 0.3 is 0 Å². The first-order valence-electron chi connectivity index (χ1n) is 8.03. The number of benzene rings is 3. The lowest BCUT2D eigenvalue weighted by Gasteiger charge is -2.12. The predicted molar refractivity (Wildman–Crippen MR) is 102 cm³/mol. The highest BCUT2D eigenvalue weighted by atomic mass is 35.5. The van der Waals surface area contributed by atoms with E-state index in [0.29, 0.717) is 17.1 Å². The molecule has 4 rings (SSSR count). The Morgan fingerprint density at radius 3 is 2.28 bits per heavy atom. The number of hydrogen-bond donors (Lipinski definition) is 0. The Hall–Kier alpha value is -2.91. The van der Waals surface area contributed by atoms with Gasteiger partial charge in [-0.15, -0.1) is 0 Å². The van der Waals surface area contributed by atoms with Gasteiger partial charge < -0.3 is 0 Å². The van der Waals surface area contributed by atoms with E-state index in [0.717, 1.165) is 22.3 Å². The summed E-state index contributed by atoms with van der Waals surface area (Å²) in [5.41, 5.74) is 3.87. The summed E-state index contributed by atoms with van der Waals surface area (Å²) < 4.78 is 1.73. The molecule has 0 atom stereocenters. The largest absolute Gasteiger partial charge is 0.277 e. The Morgan fingerprint density at radius 1 is 0.840 bits per heavy atom. The molecule has 0 bridgehead atoms. The third-order valence-corrected chi connectivity index (χ3v) is 4.38. The fraction of sp³-hybridized carbons (Fsp3) is 0.0476. The first-order valence-corrected chi connectivity index (χ1v) is 8.41. The fourth-order valence-corrected chi connectivity index (χ4v) is 3.05. The van der Waals surface area contributed by atoms with Crippen molar-refractivity contribution < 1.29 is 0 Å². The summed E-state index contributed by atoms with van der Waals surface area (Å²) in [7, 11) is 0. The van der Waals surface area contributed by atoms with Gasteiger partial charge in [0.25, 0.3) is 5.56 Å². The molecule has 0 spiro atoms. The molecule has 122 valence electrons. The molecule has 0 fully saturated rings. The lowest BCUT2D eigenvalue weighted by molar-refractivity contribution is 0.943. The second kappa shape index (κ2) is 6.54. The van der Waals surface area contributed by atoms with E-state index in [1.165, 1.54) is 0 Å².